The molecule has 0 unspecified atom stereocenters. The van der Waals surface area contributed by atoms with E-state index in [1.165, 1.54) is 0 Å². The monoisotopic (exact) mass is 247 g/mol. The van der Waals surface area contributed by atoms with Crippen LogP contribution in [-0.2, 0) is 0 Å². The first-order valence-corrected chi connectivity index (χ1v) is 6.19. The molecule has 0 aliphatic carbocycles. The second kappa shape index (κ2) is 4.94. The van der Waals surface area contributed by atoms with E-state index in [0.717, 1.165) is 11.3 Å². The highest BCUT2D eigenvalue weighted by atomic mass is 16.2. The third-order valence-electron chi connectivity index (χ3n) is 3.06. The molecular formula is C17H13NO. The van der Waals surface area contributed by atoms with Gasteiger partial charge in [-0.05, 0) is 29.8 Å². The van der Waals surface area contributed by atoms with Crippen LogP contribution in [0, 0.1) is 0 Å². The number of carbonyl (C=O) groups excluding carboxylic acids is 1. The van der Waals surface area contributed by atoms with Crippen molar-refractivity contribution in [2.45, 2.75) is 0 Å². The zero-order valence-electron chi connectivity index (χ0n) is 10.4. The average Bonchev–Trinajstić information content (AvgIpc) is 2.70. The van der Waals surface area contributed by atoms with E-state index >= 15 is 0 Å². The third-order valence-corrected chi connectivity index (χ3v) is 3.06. The number of benzene rings is 2. The molecule has 2 aromatic rings. The SMILES string of the molecule is O=C(c1ccccc1)N1C=CC=Cc2ccccc21. The Morgan fingerprint density at radius 2 is 1.58 bits per heavy atom. The van der Waals surface area contributed by atoms with Gasteiger partial charge in [-0.3, -0.25) is 9.69 Å². The number of fused-ring (bicyclic) bond motifs is 1. The molecule has 1 heterocycles. The molecule has 2 heteroatoms. The van der Waals surface area contributed by atoms with Crippen molar-refractivity contribution < 1.29 is 4.79 Å². The van der Waals surface area contributed by atoms with Gasteiger partial charge < -0.3 is 0 Å². The highest BCUT2D eigenvalue weighted by Gasteiger charge is 2.17. The minimum Gasteiger partial charge on any atom is -0.283 e. The summed E-state index contributed by atoms with van der Waals surface area (Å²) < 4.78 is 0. The fourth-order valence-corrected chi connectivity index (χ4v) is 2.12. The molecule has 0 N–H and O–H groups in total. The molecule has 1 aliphatic heterocycles. The average molecular weight is 247 g/mol. The topological polar surface area (TPSA) is 20.3 Å². The number of anilines is 1. The number of hydrogen-bond donors (Lipinski definition) is 0. The smallest absolute Gasteiger partial charge is 0.262 e. The third kappa shape index (κ3) is 2.20. The summed E-state index contributed by atoms with van der Waals surface area (Å²) in [7, 11) is 0. The Morgan fingerprint density at radius 3 is 2.42 bits per heavy atom. The maximum atomic E-state index is 12.6. The molecule has 0 aromatic heterocycles. The van der Waals surface area contributed by atoms with Crippen LogP contribution in [0.1, 0.15) is 15.9 Å². The summed E-state index contributed by atoms with van der Waals surface area (Å²) in [6.07, 6.45) is 7.62. The molecule has 19 heavy (non-hydrogen) atoms. The van der Waals surface area contributed by atoms with Gasteiger partial charge in [0.05, 0.1) is 5.69 Å². The van der Waals surface area contributed by atoms with Gasteiger partial charge in [-0.1, -0.05) is 48.6 Å². The molecule has 92 valence electrons. The van der Waals surface area contributed by atoms with Crippen LogP contribution in [-0.4, -0.2) is 5.91 Å². The van der Waals surface area contributed by atoms with E-state index in [-0.39, 0.29) is 5.91 Å². The summed E-state index contributed by atoms with van der Waals surface area (Å²) in [6.45, 7) is 0. The minimum atomic E-state index is -0.0204. The molecule has 3 rings (SSSR count). The number of rotatable bonds is 1. The summed E-state index contributed by atoms with van der Waals surface area (Å²) in [5.74, 6) is -0.0204. The van der Waals surface area contributed by atoms with Crippen LogP contribution in [0.25, 0.3) is 6.08 Å². The Labute approximate surface area is 112 Å². The van der Waals surface area contributed by atoms with Gasteiger partial charge in [0, 0.05) is 11.8 Å². The van der Waals surface area contributed by atoms with Crippen molar-refractivity contribution in [1.82, 2.24) is 0 Å². The van der Waals surface area contributed by atoms with Gasteiger partial charge in [0.1, 0.15) is 0 Å². The Morgan fingerprint density at radius 1 is 0.842 bits per heavy atom. The van der Waals surface area contributed by atoms with Crippen LogP contribution < -0.4 is 4.90 Å². The van der Waals surface area contributed by atoms with E-state index in [0.29, 0.717) is 5.56 Å². The van der Waals surface area contributed by atoms with Crippen LogP contribution in [0.2, 0.25) is 0 Å². The summed E-state index contributed by atoms with van der Waals surface area (Å²) in [6, 6.07) is 17.2. The number of hydrogen-bond acceptors (Lipinski definition) is 1. The molecule has 0 bridgehead atoms. The van der Waals surface area contributed by atoms with Crippen LogP contribution in [0.5, 0.6) is 0 Å². The minimum absolute atomic E-state index is 0.0204. The number of carbonyl (C=O) groups is 1. The summed E-state index contributed by atoms with van der Waals surface area (Å²) >= 11 is 0. The normalized spacial score (nSPS) is 12.9. The lowest BCUT2D eigenvalue weighted by molar-refractivity contribution is 0.0997. The molecule has 1 aliphatic rings. The second-order valence-electron chi connectivity index (χ2n) is 4.30. The zero-order chi connectivity index (χ0) is 13.1. The number of amides is 1. The standard InChI is InChI=1S/C17H13NO/c19-17(15-10-2-1-3-11-15)18-13-7-6-9-14-8-4-5-12-16(14)18/h1-13H. The van der Waals surface area contributed by atoms with Crippen LogP contribution in [0.4, 0.5) is 5.69 Å². The molecule has 2 aromatic carbocycles. The summed E-state index contributed by atoms with van der Waals surface area (Å²) in [4.78, 5) is 14.2. The van der Waals surface area contributed by atoms with Crippen molar-refractivity contribution in [2.75, 3.05) is 4.90 Å². The fraction of sp³-hybridized carbons (Fsp3) is 0. The zero-order valence-corrected chi connectivity index (χ0v) is 10.4. The predicted molar refractivity (Wildman–Crippen MR) is 77.9 cm³/mol. The van der Waals surface area contributed by atoms with Gasteiger partial charge in [-0.15, -0.1) is 0 Å². The molecule has 0 spiro atoms. The summed E-state index contributed by atoms with van der Waals surface area (Å²) in [5.41, 5.74) is 2.63. The molecule has 2 nitrogen and oxygen atoms in total. The Balaban J connectivity index is 2.05. The Hall–Kier alpha value is -2.61. The van der Waals surface area contributed by atoms with Gasteiger partial charge in [-0.25, -0.2) is 0 Å². The van der Waals surface area contributed by atoms with E-state index in [9.17, 15) is 4.79 Å². The van der Waals surface area contributed by atoms with Crippen molar-refractivity contribution >= 4 is 17.7 Å². The van der Waals surface area contributed by atoms with Gasteiger partial charge in [0.25, 0.3) is 5.91 Å². The van der Waals surface area contributed by atoms with Gasteiger partial charge in [0.15, 0.2) is 0 Å². The first-order valence-electron chi connectivity index (χ1n) is 6.19. The maximum Gasteiger partial charge on any atom is 0.262 e. The predicted octanol–water partition coefficient (Wildman–Crippen LogP) is 3.87. The molecule has 0 fully saturated rings. The second-order valence-corrected chi connectivity index (χ2v) is 4.30. The highest BCUT2D eigenvalue weighted by Crippen LogP contribution is 2.25. The van der Waals surface area contributed by atoms with Crippen molar-refractivity contribution in [3.8, 4) is 0 Å². The van der Waals surface area contributed by atoms with Crippen LogP contribution >= 0.6 is 0 Å². The van der Waals surface area contributed by atoms with E-state index in [1.54, 1.807) is 11.1 Å². The Kier molecular flexibility index (Phi) is 2.99. The lowest BCUT2D eigenvalue weighted by atomic mass is 10.1. The van der Waals surface area contributed by atoms with Crippen LogP contribution in [0.3, 0.4) is 0 Å². The van der Waals surface area contributed by atoms with Gasteiger partial charge >= 0.3 is 0 Å². The quantitative estimate of drug-likeness (QED) is 0.749. The fourth-order valence-electron chi connectivity index (χ4n) is 2.12. The van der Waals surface area contributed by atoms with Gasteiger partial charge in [0.2, 0.25) is 0 Å². The lowest BCUT2D eigenvalue weighted by Crippen LogP contribution is -2.25. The van der Waals surface area contributed by atoms with Crippen LogP contribution in [0.15, 0.2) is 72.9 Å². The van der Waals surface area contributed by atoms with Crippen molar-refractivity contribution in [1.29, 1.82) is 0 Å². The molecule has 0 saturated heterocycles. The molecular weight excluding hydrogens is 234 g/mol. The van der Waals surface area contributed by atoms with Crippen molar-refractivity contribution in [3.05, 3.63) is 84.1 Å². The lowest BCUT2D eigenvalue weighted by Gasteiger charge is -2.19. The highest BCUT2D eigenvalue weighted by molar-refractivity contribution is 6.08. The maximum absolute atomic E-state index is 12.6. The molecule has 0 atom stereocenters. The van der Waals surface area contributed by atoms with E-state index in [1.807, 2.05) is 72.8 Å². The van der Waals surface area contributed by atoms with E-state index in [4.69, 9.17) is 0 Å². The number of nitrogens with zero attached hydrogens (tertiary/aromatic N) is 1. The molecule has 0 radical (unpaired) electrons. The number of para-hydroxylation sites is 1. The molecule has 1 amide bonds. The largest absolute Gasteiger partial charge is 0.283 e. The first-order chi connectivity index (χ1) is 9.36. The van der Waals surface area contributed by atoms with Crippen molar-refractivity contribution in [2.24, 2.45) is 0 Å². The van der Waals surface area contributed by atoms with Gasteiger partial charge in [-0.2, -0.15) is 0 Å². The number of allylic oxidation sites excluding steroid dienone is 2. The Bertz CT molecular complexity index is 656. The molecule has 0 saturated carbocycles. The van der Waals surface area contributed by atoms with E-state index < -0.39 is 0 Å². The summed E-state index contributed by atoms with van der Waals surface area (Å²) in [5, 5.41) is 0. The van der Waals surface area contributed by atoms with E-state index in [2.05, 4.69) is 0 Å². The first kappa shape index (κ1) is 11.5. The van der Waals surface area contributed by atoms with Crippen molar-refractivity contribution in [3.63, 3.8) is 0 Å².